The fourth-order valence-corrected chi connectivity index (χ4v) is 6.35. The summed E-state index contributed by atoms with van der Waals surface area (Å²) in [6.07, 6.45) is 22.6. The Bertz CT molecular complexity index is 1680. The third kappa shape index (κ3) is 5.61. The summed E-state index contributed by atoms with van der Waals surface area (Å²) in [7, 11) is 0. The second-order valence-electron chi connectivity index (χ2n) is 12.1. The van der Waals surface area contributed by atoms with Crippen molar-refractivity contribution in [2.75, 3.05) is 0 Å². The Labute approximate surface area is 250 Å². The van der Waals surface area contributed by atoms with Crippen molar-refractivity contribution in [3.63, 3.8) is 0 Å². The van der Waals surface area contributed by atoms with E-state index in [1.807, 2.05) is 13.3 Å². The number of pyridine rings is 1. The number of nitrogens with one attached hydrogen (secondary N) is 2. The van der Waals surface area contributed by atoms with Gasteiger partial charge in [0.1, 0.15) is 0 Å². The molecule has 2 aliphatic heterocycles. The molecule has 2 N–H and O–H groups in total. The van der Waals surface area contributed by atoms with Crippen LogP contribution in [0.2, 0.25) is 0 Å². The molecule has 0 spiro atoms. The molecule has 1 aromatic carbocycles. The minimum Gasteiger partial charge on any atom is -0.371 e. The molecular weight excluding hydrogens is 514 g/mol. The van der Waals surface area contributed by atoms with Crippen LogP contribution in [0.5, 0.6) is 0 Å². The van der Waals surface area contributed by atoms with Gasteiger partial charge in [0.15, 0.2) is 12.7 Å². The lowest BCUT2D eigenvalue weighted by Crippen LogP contribution is -2.40. The summed E-state index contributed by atoms with van der Waals surface area (Å²) in [6, 6.07) is 11.8. The van der Waals surface area contributed by atoms with Crippen molar-refractivity contribution in [3.8, 4) is 11.3 Å². The molecule has 0 amide bonds. The molecule has 5 nitrogen and oxygen atoms in total. The van der Waals surface area contributed by atoms with Crippen molar-refractivity contribution in [1.29, 1.82) is 0 Å². The maximum absolute atomic E-state index is 4.64. The van der Waals surface area contributed by atoms with E-state index in [0.717, 1.165) is 37.2 Å². The lowest BCUT2D eigenvalue weighted by molar-refractivity contribution is -0.687. The van der Waals surface area contributed by atoms with Crippen LogP contribution in [0, 0.1) is 12.8 Å². The smallest absolute Gasteiger partial charge is 0.213 e. The van der Waals surface area contributed by atoms with E-state index in [1.54, 1.807) is 6.33 Å². The predicted molar refractivity (Wildman–Crippen MR) is 174 cm³/mol. The van der Waals surface area contributed by atoms with E-state index in [4.69, 9.17) is 0 Å². The summed E-state index contributed by atoms with van der Waals surface area (Å²) in [5, 5.41) is 3.32. The van der Waals surface area contributed by atoms with Gasteiger partial charge in [-0.05, 0) is 92.5 Å². The number of rotatable bonds is 6. The summed E-state index contributed by atoms with van der Waals surface area (Å²) in [5.41, 5.74) is 14.3. The Kier molecular flexibility index (Phi) is 7.92. The molecule has 4 heterocycles. The van der Waals surface area contributed by atoms with Crippen molar-refractivity contribution in [2.45, 2.75) is 72.5 Å². The summed E-state index contributed by atoms with van der Waals surface area (Å²) < 4.78 is 2.42. The average molecular weight is 557 g/mol. The van der Waals surface area contributed by atoms with Crippen molar-refractivity contribution in [3.05, 3.63) is 118 Å². The molecule has 1 aliphatic carbocycles. The highest BCUT2D eigenvalue weighted by Gasteiger charge is 2.30. The van der Waals surface area contributed by atoms with E-state index < -0.39 is 0 Å². The zero-order valence-electron chi connectivity index (χ0n) is 25.5. The number of hydrogen-bond acceptors (Lipinski definition) is 3. The van der Waals surface area contributed by atoms with Crippen molar-refractivity contribution in [1.82, 2.24) is 15.3 Å². The highest BCUT2D eigenvalue weighted by atomic mass is 15.1. The van der Waals surface area contributed by atoms with Crippen LogP contribution in [-0.4, -0.2) is 28.4 Å². The molecule has 6 rings (SSSR count). The van der Waals surface area contributed by atoms with E-state index >= 15 is 0 Å². The molecule has 5 heteroatoms. The topological polar surface area (TPSA) is 57.0 Å². The number of aromatic amines is 1. The Morgan fingerprint density at radius 1 is 1.02 bits per heavy atom. The summed E-state index contributed by atoms with van der Waals surface area (Å²) in [4.78, 5) is 12.3. The molecule has 214 valence electrons. The molecule has 0 fully saturated rings. The molecule has 42 heavy (non-hydrogen) atoms. The fourth-order valence-electron chi connectivity index (χ4n) is 6.35. The number of H-pyrrole nitrogens is 1. The van der Waals surface area contributed by atoms with Gasteiger partial charge < -0.3 is 10.3 Å². The molecule has 3 atom stereocenters. The highest BCUT2D eigenvalue weighted by Crippen LogP contribution is 2.42. The number of aliphatic imine (C=N–C) groups is 1. The highest BCUT2D eigenvalue weighted by molar-refractivity contribution is 5.90. The largest absolute Gasteiger partial charge is 0.371 e. The van der Waals surface area contributed by atoms with Gasteiger partial charge in [0.25, 0.3) is 0 Å². The third-order valence-electron chi connectivity index (χ3n) is 9.14. The van der Waals surface area contributed by atoms with Crippen LogP contribution in [0.15, 0.2) is 94.9 Å². The maximum atomic E-state index is 4.64. The van der Waals surface area contributed by atoms with Gasteiger partial charge >= 0.3 is 0 Å². The van der Waals surface area contributed by atoms with Crippen LogP contribution < -0.4 is 9.88 Å². The van der Waals surface area contributed by atoms with Crippen LogP contribution in [0.25, 0.3) is 22.9 Å². The SMILES string of the molecule is CC(C=Cc1nc[nH]c1C)=CC(C=CC1N=CNC1C)=CC1=C(C)C(C)CCc2ccc3c(c21)-c1cccc[n+]1CC3. The molecule has 3 aromatic rings. The van der Waals surface area contributed by atoms with Gasteiger partial charge in [-0.3, -0.25) is 4.99 Å². The van der Waals surface area contributed by atoms with E-state index in [2.05, 4.69) is 126 Å². The van der Waals surface area contributed by atoms with Crippen molar-refractivity contribution < 1.29 is 4.57 Å². The number of fused-ring (bicyclic) bond motifs is 5. The first-order valence-corrected chi connectivity index (χ1v) is 15.3. The summed E-state index contributed by atoms with van der Waals surface area (Å²) in [6.45, 7) is 12.2. The van der Waals surface area contributed by atoms with Gasteiger partial charge in [-0.15, -0.1) is 0 Å². The van der Waals surface area contributed by atoms with Crippen molar-refractivity contribution >= 4 is 18.0 Å². The van der Waals surface area contributed by atoms with E-state index in [0.29, 0.717) is 5.92 Å². The Hall–Kier alpha value is -4.25. The zero-order valence-corrected chi connectivity index (χ0v) is 25.5. The molecule has 2 aromatic heterocycles. The molecule has 3 aliphatic rings. The van der Waals surface area contributed by atoms with Crippen LogP contribution >= 0.6 is 0 Å². The van der Waals surface area contributed by atoms with E-state index in [9.17, 15) is 0 Å². The summed E-state index contributed by atoms with van der Waals surface area (Å²) >= 11 is 0. The molecule has 0 bridgehead atoms. The van der Waals surface area contributed by atoms with E-state index in [-0.39, 0.29) is 12.1 Å². The first kappa shape index (κ1) is 27.9. The number of benzene rings is 1. The first-order chi connectivity index (χ1) is 20.4. The maximum Gasteiger partial charge on any atom is 0.213 e. The lowest BCUT2D eigenvalue weighted by atomic mass is 9.83. The minimum absolute atomic E-state index is 0.121. The number of allylic oxidation sites excluding steroid dienone is 8. The average Bonchev–Trinajstić information content (AvgIpc) is 3.59. The zero-order chi connectivity index (χ0) is 29.2. The number of nitrogens with zero attached hydrogens (tertiary/aromatic N) is 3. The van der Waals surface area contributed by atoms with Crippen LogP contribution in [0.4, 0.5) is 0 Å². The Morgan fingerprint density at radius 3 is 2.62 bits per heavy atom. The summed E-state index contributed by atoms with van der Waals surface area (Å²) in [5.74, 6) is 0.507. The van der Waals surface area contributed by atoms with Crippen LogP contribution in [0.1, 0.15) is 62.2 Å². The van der Waals surface area contributed by atoms with Crippen molar-refractivity contribution in [2.24, 2.45) is 10.9 Å². The normalized spacial score (nSPS) is 22.4. The van der Waals surface area contributed by atoms with Gasteiger partial charge in [-0.2, -0.15) is 4.57 Å². The molecule has 0 saturated heterocycles. The number of aryl methyl sites for hydroxylation is 4. The van der Waals surface area contributed by atoms with Gasteiger partial charge in [0.2, 0.25) is 5.69 Å². The number of hydrogen-bond donors (Lipinski definition) is 2. The quantitative estimate of drug-likeness (QED) is 0.251. The lowest BCUT2D eigenvalue weighted by Gasteiger charge is -2.22. The number of imidazole rings is 1. The molecular formula is C37H42N5+. The van der Waals surface area contributed by atoms with E-state index in [1.165, 1.54) is 50.2 Å². The molecule has 0 saturated carbocycles. The Balaban J connectivity index is 1.51. The van der Waals surface area contributed by atoms with Gasteiger partial charge in [-0.1, -0.05) is 54.5 Å². The predicted octanol–water partition coefficient (Wildman–Crippen LogP) is 7.12. The third-order valence-corrected chi connectivity index (χ3v) is 9.14. The van der Waals surface area contributed by atoms with Gasteiger partial charge in [0.05, 0.1) is 36.0 Å². The standard InChI is InChI=1S/C37H42N5/c1-24(9-15-33-27(4)38-22-40-33)20-29(11-16-34-28(5)39-23-41-34)21-32-26(3)25(2)10-12-30-13-14-31-17-19-42-18-7-6-8-35(42)37(31)36(30)32/h6-9,11,13-16,18,20-23,25,28,34H,10,12,17,19H2,1-5H3,(H,38,40)(H,39,41)/q+1. The van der Waals surface area contributed by atoms with Gasteiger partial charge in [-0.25, -0.2) is 4.98 Å². The fraction of sp³-hybridized carbons (Fsp3) is 0.324. The Morgan fingerprint density at radius 2 is 1.86 bits per heavy atom. The van der Waals surface area contributed by atoms with Crippen LogP contribution in [0.3, 0.4) is 0 Å². The first-order valence-electron chi connectivity index (χ1n) is 15.3. The molecule has 3 unspecified atom stereocenters. The monoisotopic (exact) mass is 556 g/mol. The second kappa shape index (κ2) is 11.9. The minimum atomic E-state index is 0.121. The molecule has 0 radical (unpaired) electrons. The number of aromatic nitrogens is 3. The van der Waals surface area contributed by atoms with Crippen LogP contribution in [-0.2, 0) is 19.4 Å². The second-order valence-corrected chi connectivity index (χ2v) is 12.1. The van der Waals surface area contributed by atoms with Gasteiger partial charge in [0, 0.05) is 24.2 Å².